The number of aliphatic hydroxyl groups excluding tert-OH is 1. The van der Waals surface area contributed by atoms with Crippen LogP contribution in [0.1, 0.15) is 19.8 Å². The number of aliphatic imine (C=N–C) groups is 1. The van der Waals surface area contributed by atoms with E-state index in [1.54, 1.807) is 0 Å². The highest BCUT2D eigenvalue weighted by Gasteiger charge is 2.28. The van der Waals surface area contributed by atoms with Crippen LogP contribution in [0.2, 0.25) is 0 Å². The highest BCUT2D eigenvalue weighted by atomic mass is 16.5. The van der Waals surface area contributed by atoms with E-state index in [0.29, 0.717) is 6.61 Å². The van der Waals surface area contributed by atoms with Gasteiger partial charge < -0.3 is 19.6 Å². The van der Waals surface area contributed by atoms with E-state index in [-0.39, 0.29) is 12.8 Å². The molecule has 0 spiro atoms. The van der Waals surface area contributed by atoms with Crippen molar-refractivity contribution in [1.29, 1.82) is 0 Å². The predicted molar refractivity (Wildman–Crippen MR) is 62.3 cm³/mol. The molecule has 0 saturated carbocycles. The second kappa shape index (κ2) is 5.50. The van der Waals surface area contributed by atoms with Gasteiger partial charge in [0.2, 0.25) is 0 Å². The van der Waals surface area contributed by atoms with Gasteiger partial charge in [0.05, 0.1) is 13.2 Å². The molecule has 1 unspecified atom stereocenters. The molecular weight excluding hydrogens is 206 g/mol. The van der Waals surface area contributed by atoms with E-state index in [1.165, 1.54) is 0 Å². The Morgan fingerprint density at radius 1 is 1.38 bits per heavy atom. The van der Waals surface area contributed by atoms with E-state index >= 15 is 0 Å². The molecule has 0 aliphatic carbocycles. The predicted octanol–water partition coefficient (Wildman–Crippen LogP) is 0.109. The average Bonchev–Trinajstić information content (AvgIpc) is 2.35. The highest BCUT2D eigenvalue weighted by Crippen LogP contribution is 2.16. The Hall–Kier alpha value is -0.810. The highest BCUT2D eigenvalue weighted by molar-refractivity contribution is 5.81. The van der Waals surface area contributed by atoms with Crippen LogP contribution in [0.4, 0.5) is 0 Å². The Balaban J connectivity index is 1.99. The summed E-state index contributed by atoms with van der Waals surface area (Å²) in [5.74, 6) is 1.09. The van der Waals surface area contributed by atoms with Crippen molar-refractivity contribution in [2.24, 2.45) is 4.99 Å². The summed E-state index contributed by atoms with van der Waals surface area (Å²) in [6.07, 6.45) is 2.32. The third-order valence-electron chi connectivity index (χ3n) is 3.10. The monoisotopic (exact) mass is 227 g/mol. The number of guanidine groups is 1. The minimum absolute atomic E-state index is 0.00630. The van der Waals surface area contributed by atoms with Crippen molar-refractivity contribution < 1.29 is 9.84 Å². The minimum Gasteiger partial charge on any atom is -0.394 e. The number of hydrogen-bond acceptors (Lipinski definition) is 5. The first-order valence-electron chi connectivity index (χ1n) is 6.11. The van der Waals surface area contributed by atoms with Gasteiger partial charge in [0, 0.05) is 26.2 Å². The topological polar surface area (TPSA) is 48.3 Å². The fourth-order valence-electron chi connectivity index (χ4n) is 2.31. The maximum atomic E-state index is 8.76. The lowest BCUT2D eigenvalue weighted by Crippen LogP contribution is -2.55. The van der Waals surface area contributed by atoms with Gasteiger partial charge in [-0.15, -0.1) is 0 Å². The van der Waals surface area contributed by atoms with Crippen molar-refractivity contribution in [2.45, 2.75) is 26.0 Å². The number of ether oxygens (including phenoxy) is 1. The number of rotatable bonds is 4. The number of hydrogen-bond donors (Lipinski definition) is 1. The molecule has 0 aromatic rings. The number of aliphatic hydroxyl groups is 1. The smallest absolute Gasteiger partial charge is 0.198 e. The molecule has 5 nitrogen and oxygen atoms in total. The molecule has 1 atom stereocenters. The van der Waals surface area contributed by atoms with Crippen molar-refractivity contribution in [3.8, 4) is 0 Å². The van der Waals surface area contributed by atoms with Gasteiger partial charge in [-0.25, -0.2) is 0 Å². The Morgan fingerprint density at radius 2 is 2.19 bits per heavy atom. The van der Waals surface area contributed by atoms with Crippen LogP contribution in [-0.2, 0) is 4.74 Å². The van der Waals surface area contributed by atoms with E-state index in [4.69, 9.17) is 9.84 Å². The molecule has 2 aliphatic heterocycles. The molecule has 1 N–H and O–H groups in total. The van der Waals surface area contributed by atoms with E-state index < -0.39 is 0 Å². The van der Waals surface area contributed by atoms with Gasteiger partial charge >= 0.3 is 0 Å². The molecule has 5 heteroatoms. The largest absolute Gasteiger partial charge is 0.394 e. The normalized spacial score (nSPS) is 22.8. The Kier molecular flexibility index (Phi) is 4.01. The lowest BCUT2D eigenvalue weighted by Gasteiger charge is -2.43. The third-order valence-corrected chi connectivity index (χ3v) is 3.10. The Labute approximate surface area is 96.7 Å². The summed E-state index contributed by atoms with van der Waals surface area (Å²) in [4.78, 5) is 9.13. The van der Waals surface area contributed by atoms with Gasteiger partial charge in [0.25, 0.3) is 0 Å². The Bertz CT molecular complexity index is 258. The van der Waals surface area contributed by atoms with Crippen molar-refractivity contribution in [1.82, 2.24) is 9.80 Å². The molecule has 92 valence electrons. The summed E-state index contributed by atoms with van der Waals surface area (Å²) in [7, 11) is 0. The lowest BCUT2D eigenvalue weighted by molar-refractivity contribution is -0.0386. The van der Waals surface area contributed by atoms with Crippen LogP contribution in [0, 0.1) is 0 Å². The van der Waals surface area contributed by atoms with E-state index in [2.05, 4.69) is 14.8 Å². The van der Waals surface area contributed by atoms with Crippen LogP contribution < -0.4 is 0 Å². The first-order chi connectivity index (χ1) is 7.83. The average molecular weight is 227 g/mol. The van der Waals surface area contributed by atoms with Crippen LogP contribution in [-0.4, -0.2) is 66.5 Å². The lowest BCUT2D eigenvalue weighted by atomic mass is 10.2. The molecule has 0 aromatic heterocycles. The fourth-order valence-corrected chi connectivity index (χ4v) is 2.31. The molecular formula is C11H21N3O2. The molecule has 0 bridgehead atoms. The van der Waals surface area contributed by atoms with Crippen LogP contribution in [0.3, 0.4) is 0 Å². The molecule has 0 aromatic carbocycles. The zero-order valence-corrected chi connectivity index (χ0v) is 9.93. The summed E-state index contributed by atoms with van der Waals surface area (Å²) >= 11 is 0. The van der Waals surface area contributed by atoms with Crippen molar-refractivity contribution in [2.75, 3.05) is 39.4 Å². The van der Waals surface area contributed by atoms with Crippen LogP contribution >= 0.6 is 0 Å². The summed E-state index contributed by atoms with van der Waals surface area (Å²) in [6, 6.07) is 0. The zero-order valence-electron chi connectivity index (χ0n) is 9.93. The SMILES string of the molecule is CC(OCCO)N1CCCN2CCCN=C21. The van der Waals surface area contributed by atoms with Gasteiger partial charge in [-0.1, -0.05) is 0 Å². The van der Waals surface area contributed by atoms with Gasteiger partial charge in [-0.2, -0.15) is 0 Å². The first-order valence-corrected chi connectivity index (χ1v) is 6.11. The molecule has 1 saturated heterocycles. The summed E-state index contributed by atoms with van der Waals surface area (Å²) in [5, 5.41) is 8.76. The molecule has 0 amide bonds. The zero-order chi connectivity index (χ0) is 11.4. The molecule has 2 heterocycles. The molecule has 0 radical (unpaired) electrons. The fraction of sp³-hybridized carbons (Fsp3) is 0.909. The van der Waals surface area contributed by atoms with E-state index in [9.17, 15) is 0 Å². The first kappa shape index (κ1) is 11.7. The van der Waals surface area contributed by atoms with E-state index in [1.807, 2.05) is 6.92 Å². The molecule has 16 heavy (non-hydrogen) atoms. The van der Waals surface area contributed by atoms with Gasteiger partial charge in [0.1, 0.15) is 6.23 Å². The molecule has 2 aliphatic rings. The van der Waals surface area contributed by atoms with Crippen LogP contribution in [0.25, 0.3) is 0 Å². The third kappa shape index (κ3) is 2.47. The van der Waals surface area contributed by atoms with Crippen molar-refractivity contribution in [3.05, 3.63) is 0 Å². The Morgan fingerprint density at radius 3 is 3.00 bits per heavy atom. The number of nitrogens with zero attached hydrogens (tertiary/aromatic N) is 3. The summed E-state index contributed by atoms with van der Waals surface area (Å²) < 4.78 is 5.55. The van der Waals surface area contributed by atoms with Gasteiger partial charge in [-0.3, -0.25) is 4.99 Å². The number of fused-ring (bicyclic) bond motifs is 1. The maximum absolute atomic E-state index is 8.76. The van der Waals surface area contributed by atoms with Crippen molar-refractivity contribution in [3.63, 3.8) is 0 Å². The quantitative estimate of drug-likeness (QED) is 0.740. The van der Waals surface area contributed by atoms with Gasteiger partial charge in [-0.05, 0) is 19.8 Å². The maximum Gasteiger partial charge on any atom is 0.198 e. The second-order valence-corrected chi connectivity index (χ2v) is 4.26. The van der Waals surface area contributed by atoms with Crippen molar-refractivity contribution >= 4 is 5.96 Å². The summed E-state index contributed by atoms with van der Waals surface area (Å²) in [5.41, 5.74) is 0. The van der Waals surface area contributed by atoms with E-state index in [0.717, 1.165) is 45.0 Å². The molecule has 1 fully saturated rings. The molecule has 2 rings (SSSR count). The standard InChI is InChI=1S/C11H21N3O2/c1-10(16-9-8-15)14-7-3-6-13-5-2-4-12-11(13)14/h10,15H,2-9H2,1H3. The summed E-state index contributed by atoms with van der Waals surface area (Å²) in [6.45, 7) is 6.65. The van der Waals surface area contributed by atoms with Crippen LogP contribution in [0.15, 0.2) is 4.99 Å². The van der Waals surface area contributed by atoms with Gasteiger partial charge in [0.15, 0.2) is 5.96 Å². The second-order valence-electron chi connectivity index (χ2n) is 4.26. The minimum atomic E-state index is 0.00630. The van der Waals surface area contributed by atoms with Crippen LogP contribution in [0.5, 0.6) is 0 Å².